The second kappa shape index (κ2) is 6.66. The van der Waals surface area contributed by atoms with E-state index in [0.29, 0.717) is 18.4 Å². The Kier molecular flexibility index (Phi) is 6.63. The van der Waals surface area contributed by atoms with Gasteiger partial charge in [0.1, 0.15) is 0 Å². The summed E-state index contributed by atoms with van der Waals surface area (Å²) in [4.78, 5) is 0. The van der Waals surface area contributed by atoms with Crippen molar-refractivity contribution in [3.05, 3.63) is 0 Å². The van der Waals surface area contributed by atoms with E-state index in [1.165, 1.54) is 19.3 Å². The molecule has 0 heterocycles. The van der Waals surface area contributed by atoms with Crippen LogP contribution in [0.3, 0.4) is 0 Å². The average Bonchev–Trinajstić information content (AvgIpc) is 2.03. The highest BCUT2D eigenvalue weighted by molar-refractivity contribution is 4.63. The normalized spacial score (nSPS) is 16.4. The lowest BCUT2D eigenvalue weighted by Gasteiger charge is -2.19. The molecule has 0 spiro atoms. The molecule has 0 saturated carbocycles. The maximum absolute atomic E-state index is 9.00. The van der Waals surface area contributed by atoms with E-state index in [4.69, 9.17) is 5.11 Å². The molecule has 0 amide bonds. The first-order chi connectivity index (χ1) is 5.26. The fraction of sp³-hybridized carbons (Fsp3) is 1.00. The van der Waals surface area contributed by atoms with Gasteiger partial charge in [-0.15, -0.1) is 0 Å². The molecule has 1 N–H and O–H groups in total. The van der Waals surface area contributed by atoms with Crippen molar-refractivity contribution in [3.63, 3.8) is 0 Å². The smallest absolute Gasteiger partial charge is 0.0461 e. The number of aliphatic hydroxyl groups is 1. The monoisotopic (exact) mass is 158 g/mol. The fourth-order valence-electron chi connectivity index (χ4n) is 1.47. The molecule has 0 aromatic rings. The van der Waals surface area contributed by atoms with Crippen molar-refractivity contribution < 1.29 is 5.11 Å². The molecule has 0 saturated heterocycles. The number of unbranched alkanes of at least 4 members (excludes halogenated alkanes) is 1. The fourth-order valence-corrected chi connectivity index (χ4v) is 1.47. The Bertz CT molecular complexity index is 76.9. The van der Waals surface area contributed by atoms with Crippen molar-refractivity contribution in [1.29, 1.82) is 0 Å². The molecule has 0 radical (unpaired) electrons. The molecule has 0 bridgehead atoms. The molecule has 0 aliphatic rings. The van der Waals surface area contributed by atoms with E-state index >= 15 is 0 Å². The molecule has 0 aliphatic heterocycles. The topological polar surface area (TPSA) is 20.2 Å². The molecular formula is C10H22O. The minimum atomic E-state index is 0.362. The molecule has 2 atom stereocenters. The molecule has 0 fully saturated rings. The van der Waals surface area contributed by atoms with Gasteiger partial charge in [0.05, 0.1) is 0 Å². The highest BCUT2D eigenvalue weighted by Crippen LogP contribution is 2.20. The maximum Gasteiger partial charge on any atom is 0.0461 e. The van der Waals surface area contributed by atoms with Gasteiger partial charge >= 0.3 is 0 Å². The van der Waals surface area contributed by atoms with Crippen LogP contribution in [0.1, 0.15) is 46.5 Å². The van der Waals surface area contributed by atoms with Crippen molar-refractivity contribution in [2.24, 2.45) is 11.8 Å². The average molecular weight is 158 g/mol. The summed E-state index contributed by atoms with van der Waals surface area (Å²) < 4.78 is 0. The second-order valence-corrected chi connectivity index (χ2v) is 3.47. The van der Waals surface area contributed by atoms with Gasteiger partial charge in [-0.2, -0.15) is 0 Å². The first-order valence-electron chi connectivity index (χ1n) is 4.87. The van der Waals surface area contributed by atoms with Gasteiger partial charge in [-0.3, -0.25) is 0 Å². The van der Waals surface area contributed by atoms with Crippen molar-refractivity contribution in [2.45, 2.75) is 46.5 Å². The van der Waals surface area contributed by atoms with Gasteiger partial charge in [0, 0.05) is 6.61 Å². The molecule has 68 valence electrons. The van der Waals surface area contributed by atoms with E-state index in [2.05, 4.69) is 20.8 Å². The first kappa shape index (κ1) is 11.0. The lowest BCUT2D eigenvalue weighted by atomic mass is 9.88. The van der Waals surface area contributed by atoms with Crippen molar-refractivity contribution in [1.82, 2.24) is 0 Å². The lowest BCUT2D eigenvalue weighted by molar-refractivity contribution is 0.171. The van der Waals surface area contributed by atoms with Crippen LogP contribution >= 0.6 is 0 Å². The second-order valence-electron chi connectivity index (χ2n) is 3.47. The van der Waals surface area contributed by atoms with Gasteiger partial charge in [0.15, 0.2) is 0 Å². The van der Waals surface area contributed by atoms with Crippen LogP contribution in [-0.4, -0.2) is 11.7 Å². The van der Waals surface area contributed by atoms with Crippen LogP contribution in [-0.2, 0) is 0 Å². The summed E-state index contributed by atoms with van der Waals surface area (Å²) in [6.45, 7) is 6.98. The van der Waals surface area contributed by atoms with Crippen LogP contribution in [0.2, 0.25) is 0 Å². The van der Waals surface area contributed by atoms with Crippen molar-refractivity contribution in [2.75, 3.05) is 6.61 Å². The minimum Gasteiger partial charge on any atom is -0.396 e. The molecular weight excluding hydrogens is 136 g/mol. The largest absolute Gasteiger partial charge is 0.396 e. The molecule has 0 aromatic carbocycles. The molecule has 1 nitrogen and oxygen atoms in total. The molecule has 11 heavy (non-hydrogen) atoms. The summed E-state index contributed by atoms with van der Waals surface area (Å²) >= 11 is 0. The zero-order chi connectivity index (χ0) is 8.69. The van der Waals surface area contributed by atoms with Gasteiger partial charge in [-0.05, 0) is 11.8 Å². The lowest BCUT2D eigenvalue weighted by Crippen LogP contribution is -2.14. The Hall–Kier alpha value is -0.0400. The summed E-state index contributed by atoms with van der Waals surface area (Å²) in [5, 5.41) is 9.00. The van der Waals surface area contributed by atoms with E-state index in [1.54, 1.807) is 0 Å². The zero-order valence-corrected chi connectivity index (χ0v) is 8.14. The third-order valence-electron chi connectivity index (χ3n) is 2.58. The number of aliphatic hydroxyl groups excluding tert-OH is 1. The Morgan fingerprint density at radius 2 is 1.91 bits per heavy atom. The Morgan fingerprint density at radius 3 is 2.27 bits per heavy atom. The van der Waals surface area contributed by atoms with Gasteiger partial charge in [0.25, 0.3) is 0 Å². The van der Waals surface area contributed by atoms with Gasteiger partial charge in [-0.25, -0.2) is 0 Å². The SMILES string of the molecule is CCCC[C@H](C)[C@@H](CC)CO. The molecule has 1 heteroatoms. The van der Waals surface area contributed by atoms with Crippen LogP contribution < -0.4 is 0 Å². The van der Waals surface area contributed by atoms with E-state index in [9.17, 15) is 0 Å². The third-order valence-corrected chi connectivity index (χ3v) is 2.58. The van der Waals surface area contributed by atoms with Crippen LogP contribution in [0.5, 0.6) is 0 Å². The Balaban J connectivity index is 3.51. The van der Waals surface area contributed by atoms with Crippen LogP contribution in [0.4, 0.5) is 0 Å². The summed E-state index contributed by atoms with van der Waals surface area (Å²) in [6, 6.07) is 0. The number of hydrogen-bond donors (Lipinski definition) is 1. The quantitative estimate of drug-likeness (QED) is 0.630. The first-order valence-corrected chi connectivity index (χ1v) is 4.87. The van der Waals surface area contributed by atoms with Gasteiger partial charge < -0.3 is 5.11 Å². The number of rotatable bonds is 6. The van der Waals surface area contributed by atoms with Gasteiger partial charge in [0.2, 0.25) is 0 Å². The molecule has 0 aliphatic carbocycles. The standard InChI is InChI=1S/C10H22O/c1-4-6-7-9(3)10(5-2)8-11/h9-11H,4-8H2,1-3H3/t9-,10-/m0/s1. The Labute approximate surface area is 70.8 Å². The highest BCUT2D eigenvalue weighted by atomic mass is 16.3. The number of hydrogen-bond acceptors (Lipinski definition) is 1. The van der Waals surface area contributed by atoms with Crippen molar-refractivity contribution in [3.8, 4) is 0 Å². The van der Waals surface area contributed by atoms with E-state index in [-0.39, 0.29) is 0 Å². The third kappa shape index (κ3) is 4.41. The molecule has 0 aromatic heterocycles. The van der Waals surface area contributed by atoms with E-state index < -0.39 is 0 Å². The predicted molar refractivity (Wildman–Crippen MR) is 49.6 cm³/mol. The molecule has 0 unspecified atom stereocenters. The Morgan fingerprint density at radius 1 is 1.27 bits per heavy atom. The van der Waals surface area contributed by atoms with Gasteiger partial charge in [-0.1, -0.05) is 46.5 Å². The van der Waals surface area contributed by atoms with Crippen LogP contribution in [0, 0.1) is 11.8 Å². The molecule has 0 rings (SSSR count). The summed E-state index contributed by atoms with van der Waals surface area (Å²) in [5.41, 5.74) is 0. The maximum atomic E-state index is 9.00. The summed E-state index contributed by atoms with van der Waals surface area (Å²) in [7, 11) is 0. The summed E-state index contributed by atoms with van der Waals surface area (Å²) in [5.74, 6) is 1.23. The summed E-state index contributed by atoms with van der Waals surface area (Å²) in [6.07, 6.45) is 4.96. The van der Waals surface area contributed by atoms with Crippen LogP contribution in [0.15, 0.2) is 0 Å². The highest BCUT2D eigenvalue weighted by Gasteiger charge is 2.12. The van der Waals surface area contributed by atoms with Crippen LogP contribution in [0.25, 0.3) is 0 Å². The minimum absolute atomic E-state index is 0.362. The van der Waals surface area contributed by atoms with E-state index in [0.717, 1.165) is 6.42 Å². The van der Waals surface area contributed by atoms with E-state index in [1.807, 2.05) is 0 Å². The van der Waals surface area contributed by atoms with Crippen molar-refractivity contribution >= 4 is 0 Å². The predicted octanol–water partition coefficient (Wildman–Crippen LogP) is 2.83. The zero-order valence-electron chi connectivity index (χ0n) is 8.14.